The van der Waals surface area contributed by atoms with Crippen LogP contribution in [0.2, 0.25) is 6.04 Å². The summed E-state index contributed by atoms with van der Waals surface area (Å²) in [6.45, 7) is 1.48. The molecule has 1 aliphatic heterocycles. The first-order chi connectivity index (χ1) is 7.26. The van der Waals surface area contributed by atoms with Gasteiger partial charge in [0.1, 0.15) is 0 Å². The maximum Gasteiger partial charge on any atom is 0.500 e. The fourth-order valence-electron chi connectivity index (χ4n) is 1.41. The average molecular weight is 236 g/mol. The van der Waals surface area contributed by atoms with Gasteiger partial charge < -0.3 is 22.8 Å². The van der Waals surface area contributed by atoms with E-state index in [2.05, 4.69) is 0 Å². The lowest BCUT2D eigenvalue weighted by molar-refractivity contribution is -0.214. The van der Waals surface area contributed by atoms with E-state index < -0.39 is 8.80 Å². The molecule has 1 rings (SSSR count). The Morgan fingerprint density at radius 2 is 1.80 bits per heavy atom. The molecule has 0 amide bonds. The molecule has 1 heterocycles. The van der Waals surface area contributed by atoms with Crippen LogP contribution in [0.25, 0.3) is 0 Å². The topological polar surface area (TPSA) is 46.2 Å². The smallest absolute Gasteiger partial charge is 0.377 e. The third-order valence-electron chi connectivity index (χ3n) is 2.52. The van der Waals surface area contributed by atoms with E-state index in [1.165, 1.54) is 0 Å². The van der Waals surface area contributed by atoms with E-state index in [-0.39, 0.29) is 6.29 Å². The minimum Gasteiger partial charge on any atom is -0.377 e. The summed E-state index contributed by atoms with van der Waals surface area (Å²) in [5.74, 6) is 0. The minimum absolute atomic E-state index is 0.00806. The zero-order valence-electron chi connectivity index (χ0n) is 9.65. The Balaban J connectivity index is 2.09. The van der Waals surface area contributed by atoms with Gasteiger partial charge >= 0.3 is 8.80 Å². The summed E-state index contributed by atoms with van der Waals surface area (Å²) in [5.41, 5.74) is 0. The van der Waals surface area contributed by atoms with Gasteiger partial charge in [0.05, 0.1) is 6.61 Å². The Hall–Kier alpha value is 0.0169. The maximum absolute atomic E-state index is 5.44. The van der Waals surface area contributed by atoms with Gasteiger partial charge in [0.2, 0.25) is 0 Å². The molecule has 5 nitrogen and oxygen atoms in total. The van der Waals surface area contributed by atoms with Crippen molar-refractivity contribution in [2.45, 2.75) is 25.2 Å². The molecule has 1 atom stereocenters. The van der Waals surface area contributed by atoms with E-state index in [0.717, 1.165) is 25.5 Å². The van der Waals surface area contributed by atoms with Crippen LogP contribution >= 0.6 is 0 Å². The van der Waals surface area contributed by atoms with Gasteiger partial charge in [0.25, 0.3) is 0 Å². The molecular formula is C9H20O5Si. The first kappa shape index (κ1) is 13.1. The average Bonchev–Trinajstić information content (AvgIpc) is 2.22. The van der Waals surface area contributed by atoms with Gasteiger partial charge in [-0.2, -0.15) is 0 Å². The molecule has 0 saturated carbocycles. The molecule has 1 unspecified atom stereocenters. The van der Waals surface area contributed by atoms with Crippen LogP contribution in [0.1, 0.15) is 12.8 Å². The number of rotatable bonds is 8. The van der Waals surface area contributed by atoms with Crippen LogP contribution in [-0.2, 0) is 22.8 Å². The molecule has 0 spiro atoms. The van der Waals surface area contributed by atoms with E-state index in [4.69, 9.17) is 22.8 Å². The molecule has 0 aromatic rings. The highest BCUT2D eigenvalue weighted by Crippen LogP contribution is 2.17. The molecule has 1 aliphatic rings. The summed E-state index contributed by atoms with van der Waals surface area (Å²) < 4.78 is 26.5. The van der Waals surface area contributed by atoms with Gasteiger partial charge in [0, 0.05) is 40.4 Å². The highest BCUT2D eigenvalue weighted by molar-refractivity contribution is 6.60. The molecule has 15 heavy (non-hydrogen) atoms. The maximum atomic E-state index is 5.44. The molecule has 90 valence electrons. The summed E-state index contributed by atoms with van der Waals surface area (Å²) >= 11 is 0. The zero-order chi connectivity index (χ0) is 11.1. The Morgan fingerprint density at radius 1 is 1.20 bits per heavy atom. The van der Waals surface area contributed by atoms with Gasteiger partial charge in [-0.05, 0) is 6.42 Å². The predicted molar refractivity (Wildman–Crippen MR) is 56.5 cm³/mol. The van der Waals surface area contributed by atoms with Crippen LogP contribution in [0.15, 0.2) is 0 Å². The number of hydrogen-bond acceptors (Lipinski definition) is 5. The third-order valence-corrected chi connectivity index (χ3v) is 5.35. The molecule has 1 saturated heterocycles. The van der Waals surface area contributed by atoms with E-state index in [0.29, 0.717) is 6.61 Å². The van der Waals surface area contributed by atoms with Crippen LogP contribution in [0.5, 0.6) is 0 Å². The van der Waals surface area contributed by atoms with E-state index in [1.807, 2.05) is 0 Å². The normalized spacial score (nSPS) is 21.4. The van der Waals surface area contributed by atoms with Crippen LogP contribution in [0.3, 0.4) is 0 Å². The Labute approximate surface area is 92.0 Å². The second-order valence-corrected chi connectivity index (χ2v) is 6.45. The Kier molecular flexibility index (Phi) is 5.73. The summed E-state index contributed by atoms with van der Waals surface area (Å²) in [4.78, 5) is 0. The van der Waals surface area contributed by atoms with Crippen molar-refractivity contribution in [1.82, 2.24) is 0 Å². The number of hydrogen-bond donors (Lipinski definition) is 0. The van der Waals surface area contributed by atoms with Crippen molar-refractivity contribution in [1.29, 1.82) is 0 Å². The van der Waals surface area contributed by atoms with Crippen molar-refractivity contribution >= 4 is 8.80 Å². The molecule has 0 aromatic heterocycles. The standard InChI is InChI=1S/C9H20O5Si/c1-10-15(11-2,12-3)8-4-6-13-9-5-7-14-9/h9H,4-8H2,1-3H3. The van der Waals surface area contributed by atoms with E-state index in [1.54, 1.807) is 21.3 Å². The first-order valence-corrected chi connectivity index (χ1v) is 7.08. The van der Waals surface area contributed by atoms with Gasteiger partial charge in [-0.15, -0.1) is 0 Å². The highest BCUT2D eigenvalue weighted by Gasteiger charge is 2.37. The van der Waals surface area contributed by atoms with Gasteiger partial charge in [0.15, 0.2) is 6.29 Å². The lowest BCUT2D eigenvalue weighted by Crippen LogP contribution is -2.43. The predicted octanol–water partition coefficient (Wildman–Crippen LogP) is 1.02. The fourth-order valence-corrected chi connectivity index (χ4v) is 3.09. The number of ether oxygens (including phenoxy) is 2. The second kappa shape index (κ2) is 6.57. The van der Waals surface area contributed by atoms with Crippen molar-refractivity contribution in [2.24, 2.45) is 0 Å². The summed E-state index contributed by atoms with van der Waals surface area (Å²) in [6.07, 6.45) is 1.87. The van der Waals surface area contributed by atoms with Gasteiger partial charge in [-0.3, -0.25) is 0 Å². The van der Waals surface area contributed by atoms with E-state index in [9.17, 15) is 0 Å². The summed E-state index contributed by atoms with van der Waals surface area (Å²) in [6, 6.07) is 0.767. The summed E-state index contributed by atoms with van der Waals surface area (Å²) in [5, 5.41) is 0. The van der Waals surface area contributed by atoms with Crippen LogP contribution in [0, 0.1) is 0 Å². The lowest BCUT2D eigenvalue weighted by atomic mass is 10.3. The molecule has 6 heteroatoms. The highest BCUT2D eigenvalue weighted by atomic mass is 28.4. The third kappa shape index (κ3) is 3.82. The largest absolute Gasteiger partial charge is 0.500 e. The van der Waals surface area contributed by atoms with Crippen molar-refractivity contribution < 1.29 is 22.8 Å². The second-order valence-electron chi connectivity index (χ2n) is 3.36. The SMILES string of the molecule is CO[Si](CCCOC1CCO1)(OC)OC. The molecule has 0 aliphatic carbocycles. The molecular weight excluding hydrogens is 216 g/mol. The van der Waals surface area contributed by atoms with Crippen molar-refractivity contribution in [3.05, 3.63) is 0 Å². The Bertz CT molecular complexity index is 162. The molecule has 0 aromatic carbocycles. The quantitative estimate of drug-likeness (QED) is 0.465. The molecule has 0 N–H and O–H groups in total. The van der Waals surface area contributed by atoms with E-state index >= 15 is 0 Å². The molecule has 0 radical (unpaired) electrons. The summed E-state index contributed by atoms with van der Waals surface area (Å²) in [7, 11) is 2.46. The monoisotopic (exact) mass is 236 g/mol. The van der Waals surface area contributed by atoms with Crippen molar-refractivity contribution in [2.75, 3.05) is 34.5 Å². The fraction of sp³-hybridized carbons (Fsp3) is 1.00. The minimum atomic E-state index is -2.40. The Morgan fingerprint density at radius 3 is 2.20 bits per heavy atom. The van der Waals surface area contributed by atoms with Crippen molar-refractivity contribution in [3.8, 4) is 0 Å². The van der Waals surface area contributed by atoms with Crippen LogP contribution in [0.4, 0.5) is 0 Å². The van der Waals surface area contributed by atoms with Crippen LogP contribution in [-0.4, -0.2) is 49.6 Å². The lowest BCUT2D eigenvalue weighted by Gasteiger charge is -2.27. The first-order valence-electron chi connectivity index (χ1n) is 5.15. The van der Waals surface area contributed by atoms with Crippen molar-refractivity contribution in [3.63, 3.8) is 0 Å². The molecule has 0 bridgehead atoms. The molecule has 1 fully saturated rings. The van der Waals surface area contributed by atoms with Gasteiger partial charge in [-0.25, -0.2) is 0 Å². The zero-order valence-corrected chi connectivity index (χ0v) is 10.7. The van der Waals surface area contributed by atoms with Gasteiger partial charge in [-0.1, -0.05) is 0 Å². The van der Waals surface area contributed by atoms with Crippen LogP contribution < -0.4 is 0 Å².